The number of primary amides is 1. The zero-order valence-corrected chi connectivity index (χ0v) is 23.3. The Bertz CT molecular complexity index is 1770. The van der Waals surface area contributed by atoms with Crippen LogP contribution in [-0.4, -0.2) is 53.3 Å². The van der Waals surface area contributed by atoms with Crippen molar-refractivity contribution >= 4 is 34.3 Å². The van der Waals surface area contributed by atoms with Crippen LogP contribution in [-0.2, 0) is 15.8 Å². The number of ether oxygens (including phenoxy) is 2. The maximum Gasteiger partial charge on any atom is 0.424 e. The lowest BCUT2D eigenvalue weighted by atomic mass is 9.81. The highest BCUT2D eigenvalue weighted by Crippen LogP contribution is 2.47. The summed E-state index contributed by atoms with van der Waals surface area (Å²) in [6.07, 6.45) is -5.36. The summed E-state index contributed by atoms with van der Waals surface area (Å²) >= 11 is 6.03. The van der Waals surface area contributed by atoms with E-state index < -0.39 is 47.1 Å². The zero-order chi connectivity index (χ0) is 31.3. The molecule has 2 amide bonds. The van der Waals surface area contributed by atoms with Crippen LogP contribution in [0.2, 0.25) is 5.15 Å². The van der Waals surface area contributed by atoms with Crippen LogP contribution in [0.3, 0.4) is 0 Å². The molecule has 0 spiro atoms. The Morgan fingerprint density at radius 3 is 2.47 bits per heavy atom. The number of nitrogens with two attached hydrogens (primary N) is 1. The van der Waals surface area contributed by atoms with Crippen molar-refractivity contribution < 1.29 is 41.7 Å². The molecule has 1 unspecified atom stereocenters. The lowest BCUT2D eigenvalue weighted by Gasteiger charge is -2.31. The molecule has 4 N–H and O–H groups in total. The smallest absolute Gasteiger partial charge is 0.424 e. The third-order valence-corrected chi connectivity index (χ3v) is 7.62. The summed E-state index contributed by atoms with van der Waals surface area (Å²) < 4.78 is 68.2. The zero-order valence-electron chi connectivity index (χ0n) is 22.6. The number of nitrogens with one attached hydrogen (secondary N) is 1. The van der Waals surface area contributed by atoms with Crippen molar-refractivity contribution in [2.45, 2.75) is 24.1 Å². The predicted molar refractivity (Wildman–Crippen MR) is 147 cm³/mol. The number of fused-ring (bicyclic) bond motifs is 2. The van der Waals surface area contributed by atoms with E-state index >= 15 is 0 Å². The molecule has 14 heteroatoms. The largest absolute Gasteiger partial charge is 0.494 e. The van der Waals surface area contributed by atoms with Crippen LogP contribution in [0.1, 0.15) is 28.5 Å². The fourth-order valence-corrected chi connectivity index (χ4v) is 4.89. The summed E-state index contributed by atoms with van der Waals surface area (Å²) in [6.45, 7) is -0.270. The molecule has 0 bridgehead atoms. The van der Waals surface area contributed by atoms with Gasteiger partial charge in [0.05, 0.1) is 24.9 Å². The quantitative estimate of drug-likeness (QED) is 0.206. The van der Waals surface area contributed by atoms with E-state index in [4.69, 9.17) is 26.8 Å². The Morgan fingerprint density at radius 1 is 1.14 bits per heavy atom. The van der Waals surface area contributed by atoms with Crippen molar-refractivity contribution in [3.63, 3.8) is 0 Å². The molecule has 2 aromatic heterocycles. The van der Waals surface area contributed by atoms with Gasteiger partial charge < -0.3 is 25.6 Å². The van der Waals surface area contributed by atoms with Crippen LogP contribution >= 0.6 is 11.6 Å². The number of nitrogens with zero attached hydrogens (tertiary/aromatic N) is 2. The average molecular weight is 619 g/mol. The molecule has 2 atom stereocenters. The van der Waals surface area contributed by atoms with Crippen LogP contribution in [0.25, 0.3) is 22.2 Å². The fourth-order valence-electron chi connectivity index (χ4n) is 4.67. The van der Waals surface area contributed by atoms with Gasteiger partial charge in [0.2, 0.25) is 11.5 Å². The average Bonchev–Trinajstić information content (AvgIpc) is 3.32. The molecule has 0 saturated carbocycles. The summed E-state index contributed by atoms with van der Waals surface area (Å²) in [5.74, 6) is -2.25. The standard InChI is InChI=1S/C29H23ClF4N4O5/c1-27(26(35)40)13-43-23-18(27)11-21(38-22(23)14-3-6-17(31)7-4-14)28(41,29(32,33)34)12-36-25(39)15-5-8-19-16(9-15)10-20(42-2)24(30)37-19/h3-11,41H,12-13H2,1-2H3,(H2,35,40)(H,36,39)/t27-,28?/m0/s1. The highest BCUT2D eigenvalue weighted by Gasteiger charge is 2.57. The summed E-state index contributed by atoms with van der Waals surface area (Å²) in [6, 6.07) is 11.2. The van der Waals surface area contributed by atoms with E-state index in [1.165, 1.54) is 50.4 Å². The first-order chi connectivity index (χ1) is 20.2. The molecule has 0 saturated heterocycles. The predicted octanol–water partition coefficient (Wildman–Crippen LogP) is 4.41. The number of hydrogen-bond donors (Lipinski definition) is 3. The molecule has 0 radical (unpaired) electrons. The monoisotopic (exact) mass is 618 g/mol. The van der Waals surface area contributed by atoms with Crippen LogP contribution in [0, 0.1) is 5.82 Å². The normalized spacial score (nSPS) is 17.6. The Labute approximate surface area is 246 Å². The van der Waals surface area contributed by atoms with Crippen molar-refractivity contribution in [2.75, 3.05) is 20.3 Å². The van der Waals surface area contributed by atoms with Crippen LogP contribution in [0.15, 0.2) is 54.6 Å². The molecule has 1 aliphatic heterocycles. The topological polar surface area (TPSA) is 137 Å². The number of carbonyl (C=O) groups is 2. The number of benzene rings is 2. The number of carbonyl (C=O) groups excluding carboxylic acids is 2. The minimum atomic E-state index is -5.36. The van der Waals surface area contributed by atoms with E-state index in [1.54, 1.807) is 0 Å². The minimum Gasteiger partial charge on any atom is -0.494 e. The molecule has 1 aliphatic rings. The van der Waals surface area contributed by atoms with Gasteiger partial charge in [-0.05, 0) is 61.5 Å². The second-order valence-electron chi connectivity index (χ2n) is 10.2. The maximum atomic E-state index is 14.6. The molecule has 9 nitrogen and oxygen atoms in total. The van der Waals surface area contributed by atoms with Gasteiger partial charge in [-0.15, -0.1) is 0 Å². The van der Waals surface area contributed by atoms with E-state index in [-0.39, 0.29) is 45.6 Å². The molecular weight excluding hydrogens is 596 g/mol. The molecule has 43 heavy (non-hydrogen) atoms. The molecule has 5 rings (SSSR count). The number of amides is 2. The Balaban J connectivity index is 1.56. The number of aliphatic hydroxyl groups is 1. The summed E-state index contributed by atoms with van der Waals surface area (Å²) in [7, 11) is 1.37. The van der Waals surface area contributed by atoms with E-state index in [1.807, 2.05) is 0 Å². The first-order valence-corrected chi connectivity index (χ1v) is 13.0. The number of alkyl halides is 3. The first-order valence-electron chi connectivity index (χ1n) is 12.6. The van der Waals surface area contributed by atoms with E-state index in [2.05, 4.69) is 15.3 Å². The Hall–Kier alpha value is -4.49. The molecule has 3 heterocycles. The summed E-state index contributed by atoms with van der Waals surface area (Å²) in [5, 5.41) is 13.8. The lowest BCUT2D eigenvalue weighted by Crippen LogP contribution is -2.51. The van der Waals surface area contributed by atoms with Crippen molar-refractivity contribution in [3.8, 4) is 22.8 Å². The third-order valence-electron chi connectivity index (χ3n) is 7.35. The van der Waals surface area contributed by atoms with Crippen molar-refractivity contribution in [3.05, 3.63) is 82.4 Å². The van der Waals surface area contributed by atoms with E-state index in [0.29, 0.717) is 10.9 Å². The minimum absolute atomic E-state index is 0.0354. The van der Waals surface area contributed by atoms with Crippen LogP contribution in [0.4, 0.5) is 17.6 Å². The molecular formula is C29H23ClF4N4O5. The third kappa shape index (κ3) is 5.19. The molecule has 0 aliphatic carbocycles. The highest BCUT2D eigenvalue weighted by atomic mass is 35.5. The van der Waals surface area contributed by atoms with Crippen molar-refractivity contribution in [1.29, 1.82) is 0 Å². The van der Waals surface area contributed by atoms with Crippen LogP contribution in [0.5, 0.6) is 11.5 Å². The Morgan fingerprint density at radius 2 is 1.84 bits per heavy atom. The van der Waals surface area contributed by atoms with E-state index in [0.717, 1.165) is 18.2 Å². The summed E-state index contributed by atoms with van der Waals surface area (Å²) in [5.41, 5.74) is -0.357. The SMILES string of the molecule is COc1cc2cc(C(=O)NCC(O)(c3cc4c(c(-c5ccc(F)cc5)n3)OC[C@]4(C)C(N)=O)C(F)(F)F)ccc2nc1Cl. The van der Waals surface area contributed by atoms with Crippen molar-refractivity contribution in [2.24, 2.45) is 5.73 Å². The number of methoxy groups -OCH3 is 1. The maximum absolute atomic E-state index is 14.6. The number of hydrogen-bond acceptors (Lipinski definition) is 7. The van der Waals surface area contributed by atoms with Gasteiger partial charge in [-0.2, -0.15) is 13.2 Å². The molecule has 4 aromatic rings. The second kappa shape index (κ2) is 10.7. The van der Waals surface area contributed by atoms with Gasteiger partial charge in [0.15, 0.2) is 10.9 Å². The number of rotatable bonds is 7. The molecule has 2 aromatic carbocycles. The fraction of sp³-hybridized carbons (Fsp3) is 0.241. The van der Waals surface area contributed by atoms with Gasteiger partial charge in [-0.1, -0.05) is 11.6 Å². The lowest BCUT2D eigenvalue weighted by molar-refractivity contribution is -0.265. The van der Waals surface area contributed by atoms with Gasteiger partial charge in [-0.25, -0.2) is 14.4 Å². The molecule has 0 fully saturated rings. The number of aromatic nitrogens is 2. The van der Waals surface area contributed by atoms with Gasteiger partial charge in [0.1, 0.15) is 29.3 Å². The van der Waals surface area contributed by atoms with Crippen LogP contribution < -0.4 is 20.5 Å². The van der Waals surface area contributed by atoms with Crippen molar-refractivity contribution in [1.82, 2.24) is 15.3 Å². The van der Waals surface area contributed by atoms with Gasteiger partial charge in [0.25, 0.3) is 5.91 Å². The number of pyridine rings is 2. The second-order valence-corrected chi connectivity index (χ2v) is 10.5. The van der Waals surface area contributed by atoms with Gasteiger partial charge in [-0.3, -0.25) is 9.59 Å². The highest BCUT2D eigenvalue weighted by molar-refractivity contribution is 6.31. The Kier molecular flexibility index (Phi) is 7.43. The molecule has 224 valence electrons. The first kappa shape index (κ1) is 30.0. The number of halogens is 5. The summed E-state index contributed by atoms with van der Waals surface area (Å²) in [4.78, 5) is 33.6. The van der Waals surface area contributed by atoms with E-state index in [9.17, 15) is 32.3 Å². The van der Waals surface area contributed by atoms with Gasteiger partial charge >= 0.3 is 6.18 Å². The van der Waals surface area contributed by atoms with Gasteiger partial charge in [0, 0.05) is 22.1 Å².